The van der Waals surface area contributed by atoms with Crippen LogP contribution in [0.1, 0.15) is 18.4 Å². The number of methoxy groups -OCH3 is 1. The van der Waals surface area contributed by atoms with E-state index in [9.17, 15) is 17.6 Å². The van der Waals surface area contributed by atoms with Gasteiger partial charge in [0.25, 0.3) is 0 Å². The van der Waals surface area contributed by atoms with Gasteiger partial charge in [0.15, 0.2) is 0 Å². The number of hydrogen-bond donors (Lipinski definition) is 2. The second-order valence-corrected chi connectivity index (χ2v) is 8.04. The number of ether oxygens (including phenoxy) is 1. The third-order valence-electron chi connectivity index (χ3n) is 6.12. The average molecular weight is 435 g/mol. The maximum absolute atomic E-state index is 13.9. The van der Waals surface area contributed by atoms with Gasteiger partial charge in [0.05, 0.1) is 36.2 Å². The number of halogens is 4. The fourth-order valence-electron chi connectivity index (χ4n) is 4.19. The lowest BCUT2D eigenvalue weighted by molar-refractivity contribution is -0.161. The molecule has 1 saturated carbocycles. The number of fused-ring (bicyclic) bond motifs is 1. The van der Waals surface area contributed by atoms with Gasteiger partial charge in [-0.25, -0.2) is 14.4 Å². The Bertz CT molecular complexity index is 1120. The summed E-state index contributed by atoms with van der Waals surface area (Å²) in [6.45, 7) is 0.779. The zero-order valence-corrected chi connectivity index (χ0v) is 16.7. The summed E-state index contributed by atoms with van der Waals surface area (Å²) in [5.74, 6) is 0.664. The molecule has 2 aliphatic rings. The fraction of sp³-hybridized carbons (Fsp3) is 0.429. The van der Waals surface area contributed by atoms with Crippen LogP contribution in [0.25, 0.3) is 17.0 Å². The standard InChI is InChI=1S/C21H21F4N5O/c1-31-17-7-19-27-10-16(30(19)11-12(17)20(5-6-20)21(23,24)25)14-3-2-4-18(28-14)29-15-9-26-8-13(15)22/h2-4,7,10-11,13,15,26H,5-6,8-9H2,1H3,(H,28,29). The third-order valence-corrected chi connectivity index (χ3v) is 6.12. The summed E-state index contributed by atoms with van der Waals surface area (Å²) in [7, 11) is 1.36. The topological polar surface area (TPSA) is 63.5 Å². The van der Waals surface area contributed by atoms with Crippen LogP contribution in [0.15, 0.2) is 36.7 Å². The van der Waals surface area contributed by atoms with Crippen molar-refractivity contribution in [2.45, 2.75) is 36.6 Å². The molecule has 164 valence electrons. The van der Waals surface area contributed by atoms with E-state index in [0.717, 1.165) is 0 Å². The number of aromatic nitrogens is 3. The van der Waals surface area contributed by atoms with Crippen LogP contribution in [0, 0.1) is 0 Å². The number of imidazole rings is 1. The molecule has 0 spiro atoms. The first-order valence-electron chi connectivity index (χ1n) is 10.0. The first-order valence-corrected chi connectivity index (χ1v) is 10.0. The molecule has 0 bridgehead atoms. The largest absolute Gasteiger partial charge is 0.496 e. The van der Waals surface area contributed by atoms with Crippen molar-refractivity contribution in [3.8, 4) is 17.1 Å². The average Bonchev–Trinajstić information content (AvgIpc) is 3.33. The van der Waals surface area contributed by atoms with Crippen molar-refractivity contribution in [2.75, 3.05) is 25.5 Å². The number of nitrogens with one attached hydrogen (secondary N) is 2. The van der Waals surface area contributed by atoms with E-state index >= 15 is 0 Å². The predicted molar refractivity (Wildman–Crippen MR) is 107 cm³/mol. The van der Waals surface area contributed by atoms with Crippen molar-refractivity contribution in [3.63, 3.8) is 0 Å². The van der Waals surface area contributed by atoms with Crippen molar-refractivity contribution in [2.24, 2.45) is 0 Å². The lowest BCUT2D eigenvalue weighted by atomic mass is 9.96. The molecule has 1 aliphatic carbocycles. The Hall–Kier alpha value is -2.88. The van der Waals surface area contributed by atoms with Crippen LogP contribution >= 0.6 is 0 Å². The van der Waals surface area contributed by atoms with E-state index in [4.69, 9.17) is 4.74 Å². The van der Waals surface area contributed by atoms with Crippen molar-refractivity contribution in [3.05, 3.63) is 42.2 Å². The Kier molecular flexibility index (Phi) is 4.58. The van der Waals surface area contributed by atoms with Crippen molar-refractivity contribution < 1.29 is 22.3 Å². The molecule has 3 aromatic rings. The Morgan fingerprint density at radius 2 is 2.06 bits per heavy atom. The van der Waals surface area contributed by atoms with E-state index in [1.54, 1.807) is 28.8 Å². The highest BCUT2D eigenvalue weighted by atomic mass is 19.4. The van der Waals surface area contributed by atoms with E-state index in [1.165, 1.54) is 19.4 Å². The number of alkyl halides is 4. The zero-order chi connectivity index (χ0) is 21.8. The summed E-state index contributed by atoms with van der Waals surface area (Å²) >= 11 is 0. The summed E-state index contributed by atoms with van der Waals surface area (Å²) in [6.07, 6.45) is -2.31. The number of anilines is 1. The van der Waals surface area contributed by atoms with Crippen LogP contribution in [-0.2, 0) is 5.41 Å². The van der Waals surface area contributed by atoms with Crippen LogP contribution in [0.5, 0.6) is 5.75 Å². The Labute approximate surface area is 175 Å². The number of hydrogen-bond acceptors (Lipinski definition) is 5. The van der Waals surface area contributed by atoms with Gasteiger partial charge in [-0.1, -0.05) is 6.07 Å². The highest BCUT2D eigenvalue weighted by Gasteiger charge is 2.65. The van der Waals surface area contributed by atoms with Gasteiger partial charge in [-0.3, -0.25) is 4.40 Å². The van der Waals surface area contributed by atoms with Crippen molar-refractivity contribution in [1.82, 2.24) is 19.7 Å². The molecule has 6 nitrogen and oxygen atoms in total. The fourth-order valence-corrected chi connectivity index (χ4v) is 4.19. The van der Waals surface area contributed by atoms with Crippen molar-refractivity contribution in [1.29, 1.82) is 0 Å². The second kappa shape index (κ2) is 7.08. The minimum Gasteiger partial charge on any atom is -0.496 e. The molecule has 5 rings (SSSR count). The lowest BCUT2D eigenvalue weighted by Gasteiger charge is -2.22. The maximum Gasteiger partial charge on any atom is 0.398 e. The molecule has 1 saturated heterocycles. The van der Waals surface area contributed by atoms with Gasteiger partial charge in [-0.05, 0) is 25.0 Å². The zero-order valence-electron chi connectivity index (χ0n) is 16.7. The minimum absolute atomic E-state index is 0.0277. The summed E-state index contributed by atoms with van der Waals surface area (Å²) in [6, 6.07) is 6.37. The van der Waals surface area contributed by atoms with Gasteiger partial charge >= 0.3 is 6.18 Å². The van der Waals surface area contributed by atoms with Crippen LogP contribution in [-0.4, -0.2) is 53.0 Å². The molecule has 31 heavy (non-hydrogen) atoms. The van der Waals surface area contributed by atoms with Gasteiger partial charge in [0, 0.05) is 30.9 Å². The third kappa shape index (κ3) is 3.29. The number of rotatable bonds is 5. The maximum atomic E-state index is 13.9. The van der Waals surface area contributed by atoms with E-state index < -0.39 is 17.8 Å². The van der Waals surface area contributed by atoms with Crippen LogP contribution in [0.4, 0.5) is 23.4 Å². The molecule has 10 heteroatoms. The van der Waals surface area contributed by atoms with Crippen LogP contribution in [0.3, 0.4) is 0 Å². The smallest absolute Gasteiger partial charge is 0.398 e. The molecular formula is C21H21F4N5O. The van der Waals surface area contributed by atoms with Gasteiger partial charge in [-0.2, -0.15) is 13.2 Å². The summed E-state index contributed by atoms with van der Waals surface area (Å²) in [4.78, 5) is 8.87. The normalized spacial score (nSPS) is 22.6. The molecule has 2 atom stereocenters. The molecular weight excluding hydrogens is 414 g/mol. The van der Waals surface area contributed by atoms with Gasteiger partial charge in [0.1, 0.15) is 23.4 Å². The van der Waals surface area contributed by atoms with Gasteiger partial charge < -0.3 is 15.4 Å². The molecule has 2 fully saturated rings. The molecule has 1 aliphatic heterocycles. The van der Waals surface area contributed by atoms with Gasteiger partial charge in [0.2, 0.25) is 0 Å². The SMILES string of the molecule is COc1cc2ncc(-c3cccc(NC4CNCC4F)n3)n2cc1C1(C(F)(F)F)CC1. The first kappa shape index (κ1) is 20.0. The minimum atomic E-state index is -4.37. The lowest BCUT2D eigenvalue weighted by Crippen LogP contribution is -2.29. The van der Waals surface area contributed by atoms with Gasteiger partial charge in [-0.15, -0.1) is 0 Å². The van der Waals surface area contributed by atoms with E-state index in [2.05, 4.69) is 20.6 Å². The first-order chi connectivity index (χ1) is 14.8. The Balaban J connectivity index is 1.56. The number of pyridine rings is 2. The predicted octanol–water partition coefficient (Wildman–Crippen LogP) is 3.72. The van der Waals surface area contributed by atoms with Crippen molar-refractivity contribution >= 4 is 11.5 Å². The summed E-state index contributed by atoms with van der Waals surface area (Å²) in [5, 5.41) is 6.05. The summed E-state index contributed by atoms with van der Waals surface area (Å²) in [5.41, 5.74) is -0.275. The monoisotopic (exact) mass is 435 g/mol. The Morgan fingerprint density at radius 1 is 1.26 bits per heavy atom. The molecule has 4 heterocycles. The molecule has 2 N–H and O–H groups in total. The summed E-state index contributed by atoms with van der Waals surface area (Å²) < 4.78 is 62.2. The van der Waals surface area contributed by atoms with Crippen LogP contribution in [0.2, 0.25) is 0 Å². The van der Waals surface area contributed by atoms with Crippen LogP contribution < -0.4 is 15.4 Å². The molecule has 2 unspecified atom stereocenters. The van der Waals surface area contributed by atoms with E-state index in [-0.39, 0.29) is 36.7 Å². The Morgan fingerprint density at radius 3 is 2.71 bits per heavy atom. The molecule has 0 aromatic carbocycles. The highest BCUT2D eigenvalue weighted by molar-refractivity contribution is 5.64. The quantitative estimate of drug-likeness (QED) is 0.599. The molecule has 0 radical (unpaired) electrons. The second-order valence-electron chi connectivity index (χ2n) is 8.04. The molecule has 3 aromatic heterocycles. The highest BCUT2D eigenvalue weighted by Crippen LogP contribution is 2.60. The van der Waals surface area contributed by atoms with E-state index in [1.807, 2.05) is 0 Å². The number of nitrogens with zero attached hydrogens (tertiary/aromatic N) is 3. The molecule has 0 amide bonds. The van der Waals surface area contributed by atoms with E-state index in [0.29, 0.717) is 29.4 Å².